The zero-order valence-corrected chi connectivity index (χ0v) is 30.7. The average molecular weight is 826 g/mol. The van der Waals surface area contributed by atoms with Gasteiger partial charge in [-0.2, -0.15) is 0 Å². The molecular formula is C45H35IrN3O-2. The first-order valence-corrected chi connectivity index (χ1v) is 16.6. The Kier molecular flexibility index (Phi) is 8.96. The third kappa shape index (κ3) is 6.15. The van der Waals surface area contributed by atoms with Crippen LogP contribution in [-0.2, 0) is 25.5 Å². The van der Waals surface area contributed by atoms with Gasteiger partial charge in [-0.1, -0.05) is 74.9 Å². The van der Waals surface area contributed by atoms with Crippen molar-refractivity contribution < 1.29 is 24.5 Å². The first kappa shape index (κ1) is 33.2. The fourth-order valence-electron chi connectivity index (χ4n) is 6.64. The van der Waals surface area contributed by atoms with Crippen LogP contribution in [0.25, 0.3) is 66.7 Å². The van der Waals surface area contributed by atoms with Crippen LogP contribution in [0.4, 0.5) is 11.4 Å². The Labute approximate surface area is 306 Å². The SMILES string of the molecule is Cc1c2cc3oc4ccc(C(C)(C)C)cc4c3c1-c1ccccc1Nc1c[c-]c(-c3ccccn3)cc1-2.[Ir].[c-]1ccccc1-c1ccccn1. The molecule has 0 unspecified atom stereocenters. The number of aromatic nitrogens is 2. The number of hydrogen-bond acceptors (Lipinski definition) is 4. The van der Waals surface area contributed by atoms with E-state index >= 15 is 0 Å². The third-order valence-corrected chi connectivity index (χ3v) is 9.18. The van der Waals surface area contributed by atoms with Gasteiger partial charge in [0.1, 0.15) is 11.2 Å². The van der Waals surface area contributed by atoms with E-state index in [0.29, 0.717) is 0 Å². The van der Waals surface area contributed by atoms with Crippen molar-refractivity contribution in [1.82, 2.24) is 9.97 Å². The minimum atomic E-state index is 0. The number of benzene rings is 5. The van der Waals surface area contributed by atoms with E-state index < -0.39 is 0 Å². The summed E-state index contributed by atoms with van der Waals surface area (Å²) in [6.45, 7) is 9.00. The summed E-state index contributed by atoms with van der Waals surface area (Å²) in [5.74, 6) is 0. The molecule has 0 saturated heterocycles. The van der Waals surface area contributed by atoms with Gasteiger partial charge in [-0.15, -0.1) is 59.7 Å². The maximum atomic E-state index is 6.53. The Balaban J connectivity index is 0.000000255. The predicted octanol–water partition coefficient (Wildman–Crippen LogP) is 12.0. The smallest absolute Gasteiger partial charge is 0.136 e. The van der Waals surface area contributed by atoms with Crippen LogP contribution in [0.15, 0.2) is 138 Å². The molecular weight excluding hydrogens is 791 g/mol. The fraction of sp³-hybridized carbons (Fsp3) is 0.111. The predicted molar refractivity (Wildman–Crippen MR) is 202 cm³/mol. The maximum absolute atomic E-state index is 6.53. The molecule has 247 valence electrons. The first-order chi connectivity index (χ1) is 23.8. The molecule has 1 radical (unpaired) electrons. The fourth-order valence-corrected chi connectivity index (χ4v) is 6.64. The summed E-state index contributed by atoms with van der Waals surface area (Å²) >= 11 is 0. The molecule has 8 aromatic rings. The van der Waals surface area contributed by atoms with Crippen LogP contribution in [-0.4, -0.2) is 9.97 Å². The van der Waals surface area contributed by atoms with Crippen LogP contribution >= 0.6 is 0 Å². The van der Waals surface area contributed by atoms with Crippen LogP contribution in [0.5, 0.6) is 0 Å². The van der Waals surface area contributed by atoms with E-state index in [1.807, 2.05) is 72.9 Å². The van der Waals surface area contributed by atoms with Gasteiger partial charge in [0.15, 0.2) is 0 Å². The minimum absolute atomic E-state index is 0. The summed E-state index contributed by atoms with van der Waals surface area (Å²) in [4.78, 5) is 8.78. The van der Waals surface area contributed by atoms with Crippen LogP contribution in [0.3, 0.4) is 0 Å². The topological polar surface area (TPSA) is 51.0 Å². The quantitative estimate of drug-likeness (QED) is 0.176. The molecule has 4 nitrogen and oxygen atoms in total. The number of furan rings is 1. The number of hydrogen-bond donors (Lipinski definition) is 1. The van der Waals surface area contributed by atoms with Crippen LogP contribution in [0.2, 0.25) is 0 Å². The summed E-state index contributed by atoms with van der Waals surface area (Å²) in [5.41, 5.74) is 15.1. The van der Waals surface area contributed by atoms with Gasteiger partial charge in [0, 0.05) is 54.5 Å². The largest absolute Gasteiger partial charge is 0.456 e. The molecule has 5 heteroatoms. The number of fused-ring (bicyclic) bond motifs is 10. The Morgan fingerprint density at radius 2 is 1.36 bits per heavy atom. The number of pyridine rings is 2. The summed E-state index contributed by atoms with van der Waals surface area (Å²) in [5, 5.41) is 6.06. The molecule has 9 rings (SSSR count). The van der Waals surface area contributed by atoms with Crippen molar-refractivity contribution in [2.45, 2.75) is 33.1 Å². The van der Waals surface area contributed by atoms with Crippen LogP contribution in [0.1, 0.15) is 31.9 Å². The monoisotopic (exact) mass is 826 g/mol. The average Bonchev–Trinajstić information content (AvgIpc) is 3.50. The second-order valence-corrected chi connectivity index (χ2v) is 13.4. The number of nitrogens with zero attached hydrogens (tertiary/aromatic N) is 2. The zero-order valence-electron chi connectivity index (χ0n) is 28.3. The first-order valence-electron chi connectivity index (χ1n) is 16.6. The second-order valence-electron chi connectivity index (χ2n) is 13.4. The molecule has 5 aromatic carbocycles. The van der Waals surface area contributed by atoms with Gasteiger partial charge in [-0.05, 0) is 88.1 Å². The Hall–Kier alpha value is -5.35. The van der Waals surface area contributed by atoms with Gasteiger partial charge >= 0.3 is 0 Å². The van der Waals surface area contributed by atoms with Gasteiger partial charge in [-0.25, -0.2) is 0 Å². The Morgan fingerprint density at radius 3 is 2.06 bits per heavy atom. The molecule has 4 heterocycles. The molecule has 1 aliphatic heterocycles. The molecule has 1 aliphatic rings. The molecule has 0 atom stereocenters. The summed E-state index contributed by atoms with van der Waals surface area (Å²) in [6, 6.07) is 47.9. The number of nitrogens with one attached hydrogen (secondary N) is 1. The van der Waals surface area contributed by atoms with Crippen LogP contribution < -0.4 is 5.32 Å². The standard InChI is InChI=1S/C34H27N2O.C11H8N.Ir/c1-20-24-19-31-33(26-18-22(34(2,3)4)13-15-30(26)37-31)32(20)23-9-5-6-11-28(23)36-29-14-12-21(17-25(24)29)27-10-7-8-16-35-27;1-2-6-10(7-3-1)11-8-4-5-9-12-11;/h5-11,13-19,36H,1-4H3;1-6,8-9H;/q2*-1;. The van der Waals surface area contributed by atoms with E-state index in [-0.39, 0.29) is 25.5 Å². The molecule has 3 aromatic heterocycles. The van der Waals surface area contributed by atoms with Gasteiger partial charge in [-0.3, -0.25) is 0 Å². The number of para-hydroxylation sites is 1. The van der Waals surface area contributed by atoms with E-state index in [0.717, 1.165) is 56.2 Å². The zero-order chi connectivity index (χ0) is 33.5. The van der Waals surface area contributed by atoms with E-state index in [1.165, 1.54) is 33.0 Å². The third-order valence-electron chi connectivity index (χ3n) is 9.18. The summed E-state index contributed by atoms with van der Waals surface area (Å²) in [7, 11) is 0. The molecule has 0 saturated carbocycles. The molecule has 1 N–H and O–H groups in total. The summed E-state index contributed by atoms with van der Waals surface area (Å²) in [6.07, 6.45) is 3.61. The van der Waals surface area contributed by atoms with E-state index in [4.69, 9.17) is 4.42 Å². The molecule has 50 heavy (non-hydrogen) atoms. The van der Waals surface area contributed by atoms with Gasteiger partial charge in [0.25, 0.3) is 0 Å². The van der Waals surface area contributed by atoms with Crippen molar-refractivity contribution in [1.29, 1.82) is 0 Å². The molecule has 0 aliphatic carbocycles. The van der Waals surface area contributed by atoms with Crippen molar-refractivity contribution in [2.75, 3.05) is 5.32 Å². The van der Waals surface area contributed by atoms with E-state index in [9.17, 15) is 0 Å². The molecule has 0 spiro atoms. The molecule has 2 bridgehead atoms. The van der Waals surface area contributed by atoms with E-state index in [1.54, 1.807) is 6.20 Å². The molecule has 0 amide bonds. The van der Waals surface area contributed by atoms with E-state index in [2.05, 4.69) is 110 Å². The Morgan fingerprint density at radius 1 is 0.640 bits per heavy atom. The number of rotatable bonds is 2. The number of anilines is 2. The van der Waals surface area contributed by atoms with Crippen molar-refractivity contribution >= 4 is 33.3 Å². The minimum Gasteiger partial charge on any atom is -0.456 e. The second kappa shape index (κ2) is 13.5. The van der Waals surface area contributed by atoms with Gasteiger partial charge in [0.2, 0.25) is 0 Å². The normalized spacial score (nSPS) is 11.6. The van der Waals surface area contributed by atoms with Crippen LogP contribution in [0, 0.1) is 19.1 Å². The van der Waals surface area contributed by atoms with Crippen molar-refractivity contribution in [3.05, 3.63) is 157 Å². The molecule has 0 fully saturated rings. The van der Waals surface area contributed by atoms with Gasteiger partial charge < -0.3 is 19.7 Å². The summed E-state index contributed by atoms with van der Waals surface area (Å²) < 4.78 is 6.53. The van der Waals surface area contributed by atoms with Crippen molar-refractivity contribution in [3.8, 4) is 44.8 Å². The van der Waals surface area contributed by atoms with Crippen molar-refractivity contribution in [3.63, 3.8) is 0 Å². The van der Waals surface area contributed by atoms with Crippen molar-refractivity contribution in [2.24, 2.45) is 0 Å². The maximum Gasteiger partial charge on any atom is 0.136 e. The Bertz CT molecular complexity index is 2410. The van der Waals surface area contributed by atoms with Gasteiger partial charge in [0.05, 0.1) is 0 Å².